The lowest BCUT2D eigenvalue weighted by atomic mass is 10.00. The van der Waals surface area contributed by atoms with E-state index in [0.29, 0.717) is 32.5 Å². The van der Waals surface area contributed by atoms with Crippen molar-refractivity contribution in [3.05, 3.63) is 0 Å². The van der Waals surface area contributed by atoms with Gasteiger partial charge >= 0.3 is 11.8 Å². The lowest BCUT2D eigenvalue weighted by Crippen LogP contribution is -2.50. The molecule has 0 spiro atoms. The third-order valence-corrected chi connectivity index (χ3v) is 4.62. The van der Waals surface area contributed by atoms with Crippen molar-refractivity contribution in [2.75, 3.05) is 26.2 Å². The van der Waals surface area contributed by atoms with Crippen LogP contribution in [0.5, 0.6) is 0 Å². The second-order valence-corrected chi connectivity index (χ2v) is 6.15. The molecule has 0 aromatic heterocycles. The molecule has 3 amide bonds. The standard InChI is InChI=1S/C16H27N3O3/c1-2-13-7-3-4-12-19(13)16(22)15(21)17-9-6-11-18-10-5-8-14(18)20/h13H,2-12H2,1H3,(H,17,21). The molecule has 2 saturated heterocycles. The van der Waals surface area contributed by atoms with Crippen molar-refractivity contribution in [2.24, 2.45) is 0 Å². The second kappa shape index (κ2) is 8.15. The molecule has 2 heterocycles. The molecule has 1 unspecified atom stereocenters. The number of rotatable bonds is 5. The average molecular weight is 309 g/mol. The number of nitrogens with one attached hydrogen (secondary N) is 1. The van der Waals surface area contributed by atoms with Crippen molar-refractivity contribution < 1.29 is 14.4 Å². The summed E-state index contributed by atoms with van der Waals surface area (Å²) < 4.78 is 0. The molecule has 2 aliphatic heterocycles. The minimum Gasteiger partial charge on any atom is -0.348 e. The molecule has 0 radical (unpaired) electrons. The molecule has 0 aromatic carbocycles. The van der Waals surface area contributed by atoms with E-state index in [1.807, 2.05) is 4.90 Å². The number of piperidine rings is 1. The molecule has 1 atom stereocenters. The Labute approximate surface area is 132 Å². The smallest absolute Gasteiger partial charge is 0.312 e. The van der Waals surface area contributed by atoms with Crippen LogP contribution in [-0.4, -0.2) is 59.7 Å². The Morgan fingerprint density at radius 2 is 2.05 bits per heavy atom. The molecule has 124 valence electrons. The molecule has 6 heteroatoms. The molecular formula is C16H27N3O3. The third kappa shape index (κ3) is 4.21. The number of carbonyl (C=O) groups is 3. The fourth-order valence-corrected chi connectivity index (χ4v) is 3.31. The monoisotopic (exact) mass is 309 g/mol. The van der Waals surface area contributed by atoms with Gasteiger partial charge in [-0.1, -0.05) is 6.92 Å². The molecule has 2 fully saturated rings. The lowest BCUT2D eigenvalue weighted by molar-refractivity contribution is -0.148. The van der Waals surface area contributed by atoms with Gasteiger partial charge in [-0.2, -0.15) is 0 Å². The summed E-state index contributed by atoms with van der Waals surface area (Å²) in [5.41, 5.74) is 0. The normalized spacial score (nSPS) is 22.0. The molecule has 0 saturated carbocycles. The van der Waals surface area contributed by atoms with E-state index in [-0.39, 0.29) is 11.9 Å². The van der Waals surface area contributed by atoms with Crippen molar-refractivity contribution in [2.45, 2.75) is 57.9 Å². The van der Waals surface area contributed by atoms with Crippen LogP contribution in [-0.2, 0) is 14.4 Å². The fourth-order valence-electron chi connectivity index (χ4n) is 3.31. The van der Waals surface area contributed by atoms with Gasteiger partial charge in [-0.15, -0.1) is 0 Å². The lowest BCUT2D eigenvalue weighted by Gasteiger charge is -2.34. The highest BCUT2D eigenvalue weighted by atomic mass is 16.2. The van der Waals surface area contributed by atoms with Crippen LogP contribution in [0.25, 0.3) is 0 Å². The van der Waals surface area contributed by atoms with Crippen LogP contribution in [0.2, 0.25) is 0 Å². The van der Waals surface area contributed by atoms with Gasteiger partial charge < -0.3 is 15.1 Å². The Morgan fingerprint density at radius 1 is 1.23 bits per heavy atom. The van der Waals surface area contributed by atoms with Gasteiger partial charge in [-0.05, 0) is 38.5 Å². The van der Waals surface area contributed by atoms with Gasteiger partial charge in [0.25, 0.3) is 0 Å². The summed E-state index contributed by atoms with van der Waals surface area (Å²) >= 11 is 0. The molecule has 0 aromatic rings. The maximum atomic E-state index is 12.2. The molecule has 2 rings (SSSR count). The molecule has 22 heavy (non-hydrogen) atoms. The molecule has 0 bridgehead atoms. The van der Waals surface area contributed by atoms with E-state index in [0.717, 1.165) is 38.6 Å². The minimum absolute atomic E-state index is 0.196. The topological polar surface area (TPSA) is 69.7 Å². The van der Waals surface area contributed by atoms with E-state index in [4.69, 9.17) is 0 Å². The summed E-state index contributed by atoms with van der Waals surface area (Å²) in [4.78, 5) is 39.2. The first-order valence-electron chi connectivity index (χ1n) is 8.50. The van der Waals surface area contributed by atoms with Gasteiger partial charge in [0.1, 0.15) is 0 Å². The summed E-state index contributed by atoms with van der Waals surface area (Å²) in [6, 6.07) is 0.203. The van der Waals surface area contributed by atoms with E-state index in [2.05, 4.69) is 12.2 Å². The summed E-state index contributed by atoms with van der Waals surface area (Å²) in [6.45, 7) is 4.67. The third-order valence-electron chi connectivity index (χ3n) is 4.62. The van der Waals surface area contributed by atoms with Crippen molar-refractivity contribution in [3.8, 4) is 0 Å². The molecule has 0 aliphatic carbocycles. The zero-order chi connectivity index (χ0) is 15.9. The van der Waals surface area contributed by atoms with E-state index in [1.54, 1.807) is 4.90 Å². The fraction of sp³-hybridized carbons (Fsp3) is 0.812. The first kappa shape index (κ1) is 16.8. The molecular weight excluding hydrogens is 282 g/mol. The second-order valence-electron chi connectivity index (χ2n) is 6.15. The van der Waals surface area contributed by atoms with E-state index in [9.17, 15) is 14.4 Å². The predicted octanol–water partition coefficient (Wildman–Crippen LogP) is 0.906. The van der Waals surface area contributed by atoms with Gasteiger partial charge in [0, 0.05) is 38.6 Å². The number of carbonyl (C=O) groups excluding carboxylic acids is 3. The van der Waals surface area contributed by atoms with Crippen LogP contribution < -0.4 is 5.32 Å². The Balaban J connectivity index is 1.69. The minimum atomic E-state index is -0.506. The highest BCUT2D eigenvalue weighted by molar-refractivity contribution is 6.35. The number of nitrogens with zero attached hydrogens (tertiary/aromatic N) is 2. The van der Waals surface area contributed by atoms with Crippen molar-refractivity contribution in [1.29, 1.82) is 0 Å². The summed E-state index contributed by atoms with van der Waals surface area (Å²) in [6.07, 6.45) is 6.26. The van der Waals surface area contributed by atoms with Crippen LogP contribution in [0.4, 0.5) is 0 Å². The van der Waals surface area contributed by atoms with Crippen LogP contribution in [0.1, 0.15) is 51.9 Å². The Kier molecular flexibility index (Phi) is 6.21. The van der Waals surface area contributed by atoms with Crippen molar-refractivity contribution >= 4 is 17.7 Å². The average Bonchev–Trinajstić information content (AvgIpc) is 2.95. The number of hydrogen-bond acceptors (Lipinski definition) is 3. The van der Waals surface area contributed by atoms with Gasteiger partial charge in [0.15, 0.2) is 0 Å². The van der Waals surface area contributed by atoms with E-state index < -0.39 is 11.8 Å². The van der Waals surface area contributed by atoms with E-state index >= 15 is 0 Å². The van der Waals surface area contributed by atoms with Crippen LogP contribution >= 0.6 is 0 Å². The largest absolute Gasteiger partial charge is 0.348 e. The summed E-state index contributed by atoms with van der Waals surface area (Å²) in [5.74, 6) is -0.710. The van der Waals surface area contributed by atoms with E-state index in [1.165, 1.54) is 0 Å². The first-order chi connectivity index (χ1) is 10.6. The van der Waals surface area contributed by atoms with Crippen molar-refractivity contribution in [1.82, 2.24) is 15.1 Å². The molecule has 1 N–H and O–H groups in total. The van der Waals surface area contributed by atoms with Gasteiger partial charge in [-0.25, -0.2) is 0 Å². The Morgan fingerprint density at radius 3 is 2.73 bits per heavy atom. The van der Waals surface area contributed by atoms with Crippen LogP contribution in [0.3, 0.4) is 0 Å². The van der Waals surface area contributed by atoms with Crippen LogP contribution in [0.15, 0.2) is 0 Å². The highest BCUT2D eigenvalue weighted by Gasteiger charge is 2.29. The molecule has 6 nitrogen and oxygen atoms in total. The number of likely N-dealkylation sites (tertiary alicyclic amines) is 2. The van der Waals surface area contributed by atoms with Gasteiger partial charge in [0.2, 0.25) is 5.91 Å². The zero-order valence-electron chi connectivity index (χ0n) is 13.5. The summed E-state index contributed by atoms with van der Waals surface area (Å²) in [5, 5.41) is 2.70. The Bertz CT molecular complexity index is 425. The SMILES string of the molecule is CCC1CCCCN1C(=O)C(=O)NCCCN1CCCC1=O. The maximum Gasteiger partial charge on any atom is 0.312 e. The number of hydrogen-bond donors (Lipinski definition) is 1. The zero-order valence-corrected chi connectivity index (χ0v) is 13.5. The van der Waals surface area contributed by atoms with Gasteiger partial charge in [-0.3, -0.25) is 14.4 Å². The highest BCUT2D eigenvalue weighted by Crippen LogP contribution is 2.19. The quantitative estimate of drug-likeness (QED) is 0.606. The Hall–Kier alpha value is -1.59. The molecule has 2 aliphatic rings. The van der Waals surface area contributed by atoms with Crippen molar-refractivity contribution in [3.63, 3.8) is 0 Å². The first-order valence-corrected chi connectivity index (χ1v) is 8.50. The predicted molar refractivity (Wildman–Crippen MR) is 83.1 cm³/mol. The summed E-state index contributed by atoms with van der Waals surface area (Å²) in [7, 11) is 0. The number of amides is 3. The van der Waals surface area contributed by atoms with Crippen LogP contribution in [0, 0.1) is 0 Å². The van der Waals surface area contributed by atoms with Gasteiger partial charge in [0.05, 0.1) is 0 Å². The maximum absolute atomic E-state index is 12.2.